The highest BCUT2D eigenvalue weighted by atomic mass is 16.5. The molecule has 1 N–H and O–H groups in total. The quantitative estimate of drug-likeness (QED) is 0.881. The van der Waals surface area contributed by atoms with E-state index in [0.717, 1.165) is 0 Å². The Labute approximate surface area is 146 Å². The van der Waals surface area contributed by atoms with Gasteiger partial charge in [0.2, 0.25) is 1.43 Å². The second-order valence-electron chi connectivity index (χ2n) is 6.84. The van der Waals surface area contributed by atoms with Crippen LogP contribution in [0.25, 0.3) is 0 Å². The molecule has 2 bridgehead atoms. The SMILES string of the molecule is [2H]O[C@@]12CCC(=O)C3([2H])Oc4c(OC([2H])([2H])[2H])ccc5c4[C@@]31CCN(C([2H])([2H])[2H])[C@@H]2C5. The zero-order chi connectivity index (χ0) is 22.6. The smallest absolute Gasteiger partial charge is 0.211 e. The maximum Gasteiger partial charge on any atom is 0.211 e. The van der Waals surface area contributed by atoms with Crippen LogP contribution < -0.4 is 9.47 Å². The number of piperidine rings is 1. The Morgan fingerprint density at radius 2 is 2.52 bits per heavy atom. The van der Waals surface area contributed by atoms with E-state index >= 15 is 0 Å². The second kappa shape index (κ2) is 4.08. The monoisotopic (exact) mass is 323 g/mol. The molecule has 1 saturated heterocycles. The first-order chi connectivity index (χ1) is 14.3. The maximum atomic E-state index is 13.1. The van der Waals surface area contributed by atoms with Crippen LogP contribution in [0.1, 0.15) is 40.0 Å². The minimum Gasteiger partial charge on any atom is -0.493 e. The molecule has 2 fully saturated rings. The van der Waals surface area contributed by atoms with Crippen molar-refractivity contribution in [2.75, 3.05) is 20.6 Å². The highest BCUT2D eigenvalue weighted by Gasteiger charge is 2.72. The standard InChI is InChI=1S/C18H21NO4/c1-19-8-7-17-14-10-3-4-12(22-2)15(14)23-16(17)11(20)5-6-18(17,21)13(19)9-10/h3-4,13,16,21H,5-9H2,1-2H3/t13-,16?,17+,18-/m1/s1/i1D3,2D3,16D,21D. The number of ketones is 1. The van der Waals surface area contributed by atoms with Crippen molar-refractivity contribution in [2.45, 2.75) is 48.8 Å². The van der Waals surface area contributed by atoms with Gasteiger partial charge in [-0.15, -0.1) is 0 Å². The molecule has 122 valence electrons. The lowest BCUT2D eigenvalue weighted by Gasteiger charge is -2.62. The number of hydrogen-bond acceptors (Lipinski definition) is 5. The molecule has 5 nitrogen and oxygen atoms in total. The van der Waals surface area contributed by atoms with Gasteiger partial charge in [-0.3, -0.25) is 4.79 Å². The summed E-state index contributed by atoms with van der Waals surface area (Å²) in [6, 6.07) is 2.26. The van der Waals surface area contributed by atoms with Crippen molar-refractivity contribution < 1.29 is 29.0 Å². The topological polar surface area (TPSA) is 59.0 Å². The van der Waals surface area contributed by atoms with Gasteiger partial charge in [0.05, 0.1) is 23.5 Å². The fourth-order valence-electron chi connectivity index (χ4n) is 5.13. The summed E-state index contributed by atoms with van der Waals surface area (Å²) >= 11 is 0. The zero-order valence-corrected chi connectivity index (χ0v) is 12.3. The van der Waals surface area contributed by atoms with Crippen molar-refractivity contribution in [1.82, 2.24) is 4.90 Å². The third-order valence-electron chi connectivity index (χ3n) is 6.09. The van der Waals surface area contributed by atoms with E-state index in [9.17, 15) is 4.79 Å². The van der Waals surface area contributed by atoms with Gasteiger partial charge < -0.3 is 19.5 Å². The molecule has 2 aliphatic heterocycles. The third kappa shape index (κ3) is 1.32. The molecule has 0 aromatic heterocycles. The first kappa shape index (κ1) is 7.99. The van der Waals surface area contributed by atoms with Crippen LogP contribution in [-0.4, -0.2) is 55.5 Å². The summed E-state index contributed by atoms with van der Waals surface area (Å²) < 4.78 is 74.6. The molecule has 5 heteroatoms. The average molecular weight is 323 g/mol. The highest BCUT2D eigenvalue weighted by molar-refractivity contribution is 5.90. The second-order valence-corrected chi connectivity index (χ2v) is 6.84. The van der Waals surface area contributed by atoms with Crippen molar-refractivity contribution >= 4 is 5.78 Å². The summed E-state index contributed by atoms with van der Waals surface area (Å²) in [4.78, 5) is 14.4. The van der Waals surface area contributed by atoms with Crippen LogP contribution in [0.5, 0.6) is 11.5 Å². The molecule has 23 heavy (non-hydrogen) atoms. The normalized spacial score (nSPS) is 49.9. The lowest BCUT2D eigenvalue weighted by molar-refractivity contribution is -0.185. The average Bonchev–Trinajstić information content (AvgIpc) is 2.92. The molecular weight excluding hydrogens is 294 g/mol. The number of benzene rings is 1. The number of aliphatic hydroxyl groups is 1. The van der Waals surface area contributed by atoms with E-state index in [1.165, 1.54) is 11.0 Å². The van der Waals surface area contributed by atoms with Gasteiger partial charge in [0.25, 0.3) is 0 Å². The van der Waals surface area contributed by atoms with Crippen LogP contribution in [0, 0.1) is 0 Å². The Hall–Kier alpha value is -1.59. The molecule has 1 aromatic carbocycles. The number of ether oxygens (including phenoxy) is 2. The third-order valence-corrected chi connectivity index (χ3v) is 6.09. The predicted octanol–water partition coefficient (Wildman–Crippen LogP) is 1.05. The molecule has 1 saturated carbocycles. The lowest BCUT2D eigenvalue weighted by Crippen LogP contribution is -2.76. The van der Waals surface area contributed by atoms with Crippen LogP contribution in [0.3, 0.4) is 0 Å². The molecule has 1 aromatic rings. The number of nitrogens with zero attached hydrogens (tertiary/aromatic N) is 1. The van der Waals surface area contributed by atoms with E-state index in [1.807, 2.05) is 0 Å². The Morgan fingerprint density at radius 3 is 3.35 bits per heavy atom. The van der Waals surface area contributed by atoms with Crippen LogP contribution in [-0.2, 0) is 16.6 Å². The van der Waals surface area contributed by atoms with Gasteiger partial charge >= 0.3 is 0 Å². The summed E-state index contributed by atoms with van der Waals surface area (Å²) in [6.07, 6.45) is -1.98. The van der Waals surface area contributed by atoms with E-state index in [2.05, 4.69) is 0 Å². The number of likely N-dealkylation sites (N-methyl/N-ethyl adjacent to an activating group) is 1. The molecule has 1 spiro atoms. The number of carbonyl (C=O) groups excluding carboxylic acids is 1. The van der Waals surface area contributed by atoms with Crippen molar-refractivity contribution in [3.63, 3.8) is 0 Å². The predicted molar refractivity (Wildman–Crippen MR) is 83.0 cm³/mol. The fourth-order valence-corrected chi connectivity index (χ4v) is 5.13. The Balaban J connectivity index is 1.81. The van der Waals surface area contributed by atoms with Crippen LogP contribution in [0.4, 0.5) is 0 Å². The van der Waals surface area contributed by atoms with E-state index in [-0.39, 0.29) is 43.7 Å². The molecule has 2 heterocycles. The molecule has 1 unspecified atom stereocenters. The van der Waals surface area contributed by atoms with E-state index in [0.29, 0.717) is 11.1 Å². The highest BCUT2D eigenvalue weighted by Crippen LogP contribution is 2.64. The van der Waals surface area contributed by atoms with E-state index in [1.54, 1.807) is 6.07 Å². The first-order valence-corrected chi connectivity index (χ1v) is 7.79. The summed E-state index contributed by atoms with van der Waals surface area (Å²) in [6.45, 7) is -2.40. The van der Waals surface area contributed by atoms with Crippen molar-refractivity contribution in [3.05, 3.63) is 23.3 Å². The Kier molecular flexibility index (Phi) is 1.42. The van der Waals surface area contributed by atoms with E-state index < -0.39 is 42.9 Å². The van der Waals surface area contributed by atoms with Crippen LogP contribution >= 0.6 is 0 Å². The Bertz CT molecular complexity index is 981. The number of methoxy groups -OCH3 is 1. The van der Waals surface area contributed by atoms with Crippen LogP contribution in [0.2, 0.25) is 0 Å². The van der Waals surface area contributed by atoms with Gasteiger partial charge in [-0.1, -0.05) is 6.07 Å². The van der Waals surface area contributed by atoms with E-state index in [4.69, 9.17) is 25.6 Å². The van der Waals surface area contributed by atoms with Gasteiger partial charge in [0.1, 0.15) is 0 Å². The number of carbonyl (C=O) groups is 1. The molecule has 4 atom stereocenters. The Morgan fingerprint density at radius 1 is 1.57 bits per heavy atom. The summed E-state index contributed by atoms with van der Waals surface area (Å²) in [7, 11) is -2.77. The van der Waals surface area contributed by atoms with Crippen molar-refractivity contribution in [1.29, 1.82) is 1.43 Å². The zero-order valence-electron chi connectivity index (χ0n) is 20.3. The van der Waals surface area contributed by atoms with Gasteiger partial charge in [0.15, 0.2) is 23.4 Å². The molecule has 5 rings (SSSR count). The van der Waals surface area contributed by atoms with Crippen molar-refractivity contribution in [2.24, 2.45) is 0 Å². The summed E-state index contributed by atoms with van der Waals surface area (Å²) in [5.41, 5.74) is -1.85. The maximum absolute atomic E-state index is 13.1. The van der Waals surface area contributed by atoms with Gasteiger partial charge in [-0.2, -0.15) is 0 Å². The lowest BCUT2D eigenvalue weighted by atomic mass is 9.49. The number of Topliss-reactive ketones (excluding diaryl/α,β-unsaturated/α-hetero) is 1. The summed E-state index contributed by atoms with van der Waals surface area (Å²) in [5, 5.41) is 5.34. The minimum absolute atomic E-state index is 0.00100. The van der Waals surface area contributed by atoms with Crippen LogP contribution in [0.15, 0.2) is 12.1 Å². The van der Waals surface area contributed by atoms with Gasteiger partial charge in [0, 0.05) is 22.1 Å². The molecule has 2 aliphatic carbocycles. The minimum atomic E-state index is -2.77. The van der Waals surface area contributed by atoms with Crippen molar-refractivity contribution in [3.8, 4) is 11.5 Å². The first-order valence-electron chi connectivity index (χ1n) is 11.7. The number of likely N-dealkylation sites (tertiary alicyclic amines) is 1. The number of hydrogen-bond donors (Lipinski definition) is 1. The van der Waals surface area contributed by atoms with Gasteiger partial charge in [-0.25, -0.2) is 0 Å². The molecular formula is C18H21NO4. The number of rotatable bonds is 2. The molecule has 0 amide bonds. The molecule has 4 aliphatic rings. The van der Waals surface area contributed by atoms with Gasteiger partial charge in [-0.05, 0) is 44.4 Å². The summed E-state index contributed by atoms with van der Waals surface area (Å²) in [5.74, 6) is -0.622. The fraction of sp³-hybridized carbons (Fsp3) is 0.611. The largest absolute Gasteiger partial charge is 0.493 e. The molecule has 0 radical (unpaired) electrons.